The molecule has 0 aromatic heterocycles. The quantitative estimate of drug-likeness (QED) is 0.791. The van der Waals surface area contributed by atoms with E-state index in [4.69, 9.17) is 0 Å². The van der Waals surface area contributed by atoms with Crippen molar-refractivity contribution in [2.75, 3.05) is 13.6 Å². The summed E-state index contributed by atoms with van der Waals surface area (Å²) in [6.07, 6.45) is 10.2. The zero-order chi connectivity index (χ0) is 13.0. The minimum Gasteiger partial charge on any atom is -0.392 e. The fourth-order valence-electron chi connectivity index (χ4n) is 3.78. The number of hydrogen-bond donors (Lipinski definition) is 2. The van der Waals surface area contributed by atoms with Crippen LogP contribution in [0.1, 0.15) is 57.8 Å². The lowest BCUT2D eigenvalue weighted by molar-refractivity contribution is 0.00708. The van der Waals surface area contributed by atoms with E-state index < -0.39 is 0 Å². The number of nitrogens with zero attached hydrogens (tertiary/aromatic N) is 1. The molecular formula is C15H29NO2. The first-order valence-electron chi connectivity index (χ1n) is 7.73. The molecule has 0 bridgehead atoms. The zero-order valence-electron chi connectivity index (χ0n) is 11.7. The molecule has 0 heterocycles. The van der Waals surface area contributed by atoms with Gasteiger partial charge in [0, 0.05) is 12.6 Å². The molecule has 2 saturated carbocycles. The van der Waals surface area contributed by atoms with E-state index in [1.807, 2.05) is 0 Å². The van der Waals surface area contributed by atoms with Crippen molar-refractivity contribution in [3.05, 3.63) is 0 Å². The second-order valence-corrected chi connectivity index (χ2v) is 6.40. The SMILES string of the molecule is CN(CC(O)CC1CCCC1)C1CCCCC1O. The maximum atomic E-state index is 10.2. The standard InChI is InChI=1S/C15H29NO2/c1-16(14-8-4-5-9-15(14)18)11-13(17)10-12-6-2-3-7-12/h12-15,17-18H,2-11H2,1H3. The second-order valence-electron chi connectivity index (χ2n) is 6.40. The average Bonchev–Trinajstić information content (AvgIpc) is 2.82. The van der Waals surface area contributed by atoms with Crippen molar-refractivity contribution < 1.29 is 10.2 Å². The Labute approximate surface area is 111 Å². The molecule has 2 fully saturated rings. The van der Waals surface area contributed by atoms with Gasteiger partial charge in [0.15, 0.2) is 0 Å². The van der Waals surface area contributed by atoms with Gasteiger partial charge in [0.05, 0.1) is 12.2 Å². The first-order chi connectivity index (χ1) is 8.66. The Morgan fingerprint density at radius 3 is 2.33 bits per heavy atom. The second kappa shape index (κ2) is 6.88. The smallest absolute Gasteiger partial charge is 0.0695 e. The summed E-state index contributed by atoms with van der Waals surface area (Å²) in [6.45, 7) is 0.720. The van der Waals surface area contributed by atoms with E-state index in [2.05, 4.69) is 11.9 Å². The van der Waals surface area contributed by atoms with E-state index in [0.717, 1.165) is 38.1 Å². The fourth-order valence-corrected chi connectivity index (χ4v) is 3.78. The van der Waals surface area contributed by atoms with Crippen LogP contribution in [-0.4, -0.2) is 47.0 Å². The highest BCUT2D eigenvalue weighted by Gasteiger charge is 2.28. The first kappa shape index (κ1) is 14.3. The normalized spacial score (nSPS) is 32.0. The van der Waals surface area contributed by atoms with Gasteiger partial charge in [-0.15, -0.1) is 0 Å². The number of hydrogen-bond acceptors (Lipinski definition) is 3. The molecule has 0 aliphatic heterocycles. The highest BCUT2D eigenvalue weighted by molar-refractivity contribution is 4.83. The Bertz CT molecular complexity index is 241. The van der Waals surface area contributed by atoms with Crippen LogP contribution in [0.15, 0.2) is 0 Å². The van der Waals surface area contributed by atoms with Gasteiger partial charge in [0.1, 0.15) is 0 Å². The minimum absolute atomic E-state index is 0.192. The van der Waals surface area contributed by atoms with Gasteiger partial charge in [-0.25, -0.2) is 0 Å². The van der Waals surface area contributed by atoms with Crippen LogP contribution in [0.5, 0.6) is 0 Å². The summed E-state index contributed by atoms with van der Waals surface area (Å²) in [7, 11) is 2.05. The van der Waals surface area contributed by atoms with E-state index in [9.17, 15) is 10.2 Å². The molecule has 0 saturated heterocycles. The zero-order valence-corrected chi connectivity index (χ0v) is 11.7. The maximum Gasteiger partial charge on any atom is 0.0695 e. The van der Waals surface area contributed by atoms with E-state index in [1.54, 1.807) is 0 Å². The number of rotatable bonds is 5. The van der Waals surface area contributed by atoms with Gasteiger partial charge in [-0.1, -0.05) is 38.5 Å². The predicted molar refractivity (Wildman–Crippen MR) is 73.5 cm³/mol. The lowest BCUT2D eigenvalue weighted by Gasteiger charge is -2.36. The first-order valence-corrected chi connectivity index (χ1v) is 7.73. The predicted octanol–water partition coefficient (Wildman–Crippen LogP) is 2.16. The van der Waals surface area contributed by atoms with Crippen LogP contribution < -0.4 is 0 Å². The Morgan fingerprint density at radius 1 is 1.06 bits per heavy atom. The Balaban J connectivity index is 1.73. The number of aliphatic hydroxyl groups excluding tert-OH is 2. The lowest BCUT2D eigenvalue weighted by Crippen LogP contribution is -2.46. The molecule has 2 N–H and O–H groups in total. The van der Waals surface area contributed by atoms with Crippen molar-refractivity contribution in [1.29, 1.82) is 0 Å². The molecule has 3 atom stereocenters. The molecule has 18 heavy (non-hydrogen) atoms. The molecule has 2 aliphatic rings. The Kier molecular flexibility index (Phi) is 5.46. The van der Waals surface area contributed by atoms with Gasteiger partial charge < -0.3 is 10.2 Å². The number of aliphatic hydroxyl groups is 2. The summed E-state index contributed by atoms with van der Waals surface area (Å²) in [5.41, 5.74) is 0. The van der Waals surface area contributed by atoms with Crippen LogP contribution >= 0.6 is 0 Å². The largest absolute Gasteiger partial charge is 0.392 e. The minimum atomic E-state index is -0.216. The van der Waals surface area contributed by atoms with Crippen LogP contribution in [0, 0.1) is 5.92 Å². The molecule has 0 aromatic rings. The van der Waals surface area contributed by atoms with E-state index >= 15 is 0 Å². The highest BCUT2D eigenvalue weighted by Crippen LogP contribution is 2.29. The summed E-state index contributed by atoms with van der Waals surface area (Å²) >= 11 is 0. The molecule has 3 unspecified atom stereocenters. The van der Waals surface area contributed by atoms with Crippen molar-refractivity contribution in [3.63, 3.8) is 0 Å². The van der Waals surface area contributed by atoms with Crippen molar-refractivity contribution in [2.24, 2.45) is 5.92 Å². The molecule has 3 heteroatoms. The molecule has 2 aliphatic carbocycles. The van der Waals surface area contributed by atoms with Gasteiger partial charge >= 0.3 is 0 Å². The van der Waals surface area contributed by atoms with Gasteiger partial charge in [-0.2, -0.15) is 0 Å². The van der Waals surface area contributed by atoms with Crippen LogP contribution in [-0.2, 0) is 0 Å². The molecule has 0 radical (unpaired) electrons. The third kappa shape index (κ3) is 3.94. The van der Waals surface area contributed by atoms with Crippen LogP contribution in [0.25, 0.3) is 0 Å². The third-order valence-corrected chi connectivity index (χ3v) is 4.84. The fraction of sp³-hybridized carbons (Fsp3) is 1.00. The van der Waals surface area contributed by atoms with E-state index in [0.29, 0.717) is 0 Å². The van der Waals surface area contributed by atoms with E-state index in [1.165, 1.54) is 32.1 Å². The summed E-state index contributed by atoms with van der Waals surface area (Å²) in [6, 6.07) is 0.261. The van der Waals surface area contributed by atoms with Crippen molar-refractivity contribution in [3.8, 4) is 0 Å². The van der Waals surface area contributed by atoms with Gasteiger partial charge in [-0.05, 0) is 32.2 Å². The van der Waals surface area contributed by atoms with Crippen LogP contribution in [0.4, 0.5) is 0 Å². The monoisotopic (exact) mass is 255 g/mol. The maximum absolute atomic E-state index is 10.2. The summed E-state index contributed by atoms with van der Waals surface area (Å²) in [5.74, 6) is 0.740. The van der Waals surface area contributed by atoms with Crippen molar-refractivity contribution >= 4 is 0 Å². The van der Waals surface area contributed by atoms with E-state index in [-0.39, 0.29) is 18.2 Å². The van der Waals surface area contributed by atoms with Crippen LogP contribution in [0.3, 0.4) is 0 Å². The van der Waals surface area contributed by atoms with Crippen molar-refractivity contribution in [2.45, 2.75) is 76.0 Å². The molecule has 0 aromatic carbocycles. The van der Waals surface area contributed by atoms with Gasteiger partial charge in [0.2, 0.25) is 0 Å². The molecule has 3 nitrogen and oxygen atoms in total. The highest BCUT2D eigenvalue weighted by atomic mass is 16.3. The molecule has 2 rings (SSSR count). The lowest BCUT2D eigenvalue weighted by atomic mass is 9.91. The topological polar surface area (TPSA) is 43.7 Å². The molecule has 0 amide bonds. The Morgan fingerprint density at radius 2 is 1.67 bits per heavy atom. The molecule has 106 valence electrons. The molecular weight excluding hydrogens is 226 g/mol. The Hall–Kier alpha value is -0.120. The molecule has 0 spiro atoms. The van der Waals surface area contributed by atoms with Gasteiger partial charge in [-0.3, -0.25) is 4.90 Å². The van der Waals surface area contributed by atoms with Gasteiger partial charge in [0.25, 0.3) is 0 Å². The summed E-state index contributed by atoms with van der Waals surface area (Å²) in [5, 5.41) is 20.2. The average molecular weight is 255 g/mol. The summed E-state index contributed by atoms with van der Waals surface area (Å²) < 4.78 is 0. The van der Waals surface area contributed by atoms with Crippen molar-refractivity contribution in [1.82, 2.24) is 4.90 Å². The summed E-state index contributed by atoms with van der Waals surface area (Å²) in [4.78, 5) is 2.18. The van der Waals surface area contributed by atoms with Crippen LogP contribution in [0.2, 0.25) is 0 Å². The third-order valence-electron chi connectivity index (χ3n) is 4.84. The number of likely N-dealkylation sites (N-methyl/N-ethyl adjacent to an activating group) is 1.